The molecule has 0 spiro atoms. The van der Waals surface area contributed by atoms with Crippen molar-refractivity contribution in [1.29, 1.82) is 0 Å². The van der Waals surface area contributed by atoms with Crippen LogP contribution in [0.15, 0.2) is 54.6 Å². The van der Waals surface area contributed by atoms with Crippen molar-refractivity contribution in [2.45, 2.75) is 32.3 Å². The van der Waals surface area contributed by atoms with E-state index in [9.17, 15) is 5.11 Å². The molecule has 2 rings (SSSR count). The van der Waals surface area contributed by atoms with Gasteiger partial charge < -0.3 is 9.84 Å². The van der Waals surface area contributed by atoms with E-state index in [1.54, 1.807) is 0 Å². The van der Waals surface area contributed by atoms with Gasteiger partial charge >= 0.3 is 0 Å². The van der Waals surface area contributed by atoms with Crippen molar-refractivity contribution in [2.75, 3.05) is 6.61 Å². The molecule has 0 bridgehead atoms. The van der Waals surface area contributed by atoms with Crippen LogP contribution in [0.2, 0.25) is 0 Å². The molecule has 0 fully saturated rings. The number of hydrogen-bond donors (Lipinski definition) is 1. The van der Waals surface area contributed by atoms with E-state index in [1.807, 2.05) is 42.5 Å². The second-order valence-electron chi connectivity index (χ2n) is 5.97. The van der Waals surface area contributed by atoms with Crippen LogP contribution in [0.1, 0.15) is 38.0 Å². The number of ether oxygens (including phenoxy) is 1. The van der Waals surface area contributed by atoms with Crippen LogP contribution in [0, 0.1) is 0 Å². The SMILES string of the molecule is CC(C)(C)c1ccc(C(CO)Oc2ccccc2)cc1. The Morgan fingerprint density at radius 1 is 0.950 bits per heavy atom. The molecular formula is C18H22O2. The molecule has 2 nitrogen and oxygen atoms in total. The summed E-state index contributed by atoms with van der Waals surface area (Å²) in [5, 5.41) is 9.54. The monoisotopic (exact) mass is 270 g/mol. The zero-order chi connectivity index (χ0) is 14.6. The Morgan fingerprint density at radius 3 is 2.05 bits per heavy atom. The Hall–Kier alpha value is -1.80. The van der Waals surface area contributed by atoms with Gasteiger partial charge in [0.1, 0.15) is 11.9 Å². The molecular weight excluding hydrogens is 248 g/mol. The summed E-state index contributed by atoms with van der Waals surface area (Å²) in [5.74, 6) is 0.770. The van der Waals surface area contributed by atoms with E-state index >= 15 is 0 Å². The third kappa shape index (κ3) is 3.61. The number of para-hydroxylation sites is 1. The van der Waals surface area contributed by atoms with Crippen LogP contribution in [0.4, 0.5) is 0 Å². The first-order chi connectivity index (χ1) is 9.50. The van der Waals surface area contributed by atoms with Gasteiger partial charge in [0.15, 0.2) is 0 Å². The van der Waals surface area contributed by atoms with Crippen LogP contribution >= 0.6 is 0 Å². The maximum Gasteiger partial charge on any atom is 0.147 e. The molecule has 0 amide bonds. The minimum absolute atomic E-state index is 0.0379. The van der Waals surface area contributed by atoms with Crippen LogP contribution < -0.4 is 4.74 Å². The Bertz CT molecular complexity index is 524. The highest BCUT2D eigenvalue weighted by Crippen LogP contribution is 2.26. The lowest BCUT2D eigenvalue weighted by atomic mass is 9.86. The predicted octanol–water partition coefficient (Wildman–Crippen LogP) is 4.10. The zero-order valence-electron chi connectivity index (χ0n) is 12.3. The molecule has 0 aromatic heterocycles. The van der Waals surface area contributed by atoms with E-state index in [4.69, 9.17) is 4.74 Å². The Morgan fingerprint density at radius 2 is 1.55 bits per heavy atom. The van der Waals surface area contributed by atoms with E-state index in [1.165, 1.54) is 5.56 Å². The van der Waals surface area contributed by atoms with Crippen LogP contribution in [-0.2, 0) is 5.41 Å². The van der Waals surface area contributed by atoms with Crippen molar-refractivity contribution in [3.63, 3.8) is 0 Å². The van der Waals surface area contributed by atoms with Crippen LogP contribution in [0.25, 0.3) is 0 Å². The van der Waals surface area contributed by atoms with Gasteiger partial charge in [-0.25, -0.2) is 0 Å². The molecule has 0 radical (unpaired) electrons. The smallest absolute Gasteiger partial charge is 0.147 e. The first-order valence-corrected chi connectivity index (χ1v) is 6.94. The molecule has 1 atom stereocenters. The number of benzene rings is 2. The van der Waals surface area contributed by atoms with E-state index < -0.39 is 0 Å². The molecule has 20 heavy (non-hydrogen) atoms. The summed E-state index contributed by atoms with van der Waals surface area (Å²) in [7, 11) is 0. The minimum Gasteiger partial charge on any atom is -0.483 e. The highest BCUT2D eigenvalue weighted by Gasteiger charge is 2.16. The van der Waals surface area contributed by atoms with Gasteiger partial charge in [0, 0.05) is 0 Å². The molecule has 1 unspecified atom stereocenters. The lowest BCUT2D eigenvalue weighted by Gasteiger charge is -2.21. The van der Waals surface area contributed by atoms with Gasteiger partial charge in [0.05, 0.1) is 6.61 Å². The summed E-state index contributed by atoms with van der Waals surface area (Å²) in [6.07, 6.45) is -0.327. The Kier molecular flexibility index (Phi) is 4.46. The lowest BCUT2D eigenvalue weighted by Crippen LogP contribution is -2.14. The summed E-state index contributed by atoms with van der Waals surface area (Å²) in [6, 6.07) is 17.9. The molecule has 106 valence electrons. The summed E-state index contributed by atoms with van der Waals surface area (Å²) in [4.78, 5) is 0. The van der Waals surface area contributed by atoms with Crippen molar-refractivity contribution in [2.24, 2.45) is 0 Å². The fraction of sp³-hybridized carbons (Fsp3) is 0.333. The highest BCUT2D eigenvalue weighted by molar-refractivity contribution is 5.30. The molecule has 0 aliphatic heterocycles. The third-order valence-corrected chi connectivity index (χ3v) is 3.34. The van der Waals surface area contributed by atoms with Crippen molar-refractivity contribution in [3.8, 4) is 5.75 Å². The fourth-order valence-electron chi connectivity index (χ4n) is 2.07. The molecule has 0 aliphatic carbocycles. The lowest BCUT2D eigenvalue weighted by molar-refractivity contribution is 0.116. The van der Waals surface area contributed by atoms with E-state index in [0.717, 1.165) is 11.3 Å². The highest BCUT2D eigenvalue weighted by atomic mass is 16.5. The van der Waals surface area contributed by atoms with Gasteiger partial charge in [0.2, 0.25) is 0 Å². The van der Waals surface area contributed by atoms with Crippen molar-refractivity contribution >= 4 is 0 Å². The van der Waals surface area contributed by atoms with Crippen LogP contribution in [0.5, 0.6) is 5.75 Å². The summed E-state index contributed by atoms with van der Waals surface area (Å²) in [5.41, 5.74) is 2.40. The molecule has 2 aromatic rings. The van der Waals surface area contributed by atoms with E-state index in [-0.39, 0.29) is 18.1 Å². The minimum atomic E-state index is -0.327. The summed E-state index contributed by atoms with van der Waals surface area (Å²) >= 11 is 0. The normalized spacial score (nSPS) is 13.0. The first kappa shape index (κ1) is 14.6. The average molecular weight is 270 g/mol. The summed E-state index contributed by atoms with van der Waals surface area (Å²) < 4.78 is 5.83. The number of hydrogen-bond acceptors (Lipinski definition) is 2. The Labute approximate surface area is 121 Å². The van der Waals surface area contributed by atoms with Crippen LogP contribution in [-0.4, -0.2) is 11.7 Å². The predicted molar refractivity (Wildman–Crippen MR) is 82.0 cm³/mol. The molecule has 0 saturated carbocycles. The van der Waals surface area contributed by atoms with Gasteiger partial charge in [-0.15, -0.1) is 0 Å². The fourth-order valence-corrected chi connectivity index (χ4v) is 2.07. The van der Waals surface area contributed by atoms with Gasteiger partial charge in [0.25, 0.3) is 0 Å². The van der Waals surface area contributed by atoms with E-state index in [0.29, 0.717) is 0 Å². The molecule has 2 aromatic carbocycles. The maximum atomic E-state index is 9.54. The zero-order valence-corrected chi connectivity index (χ0v) is 12.3. The van der Waals surface area contributed by atoms with Gasteiger partial charge in [-0.2, -0.15) is 0 Å². The second-order valence-corrected chi connectivity index (χ2v) is 5.97. The van der Waals surface area contributed by atoms with Crippen molar-refractivity contribution in [1.82, 2.24) is 0 Å². The number of aliphatic hydroxyl groups is 1. The topological polar surface area (TPSA) is 29.5 Å². The molecule has 0 aliphatic rings. The average Bonchev–Trinajstić information content (AvgIpc) is 2.45. The quantitative estimate of drug-likeness (QED) is 0.906. The van der Waals surface area contributed by atoms with E-state index in [2.05, 4.69) is 32.9 Å². The molecule has 2 heteroatoms. The number of aliphatic hydroxyl groups excluding tert-OH is 1. The van der Waals surface area contributed by atoms with Crippen molar-refractivity contribution in [3.05, 3.63) is 65.7 Å². The number of rotatable bonds is 4. The Balaban J connectivity index is 2.16. The largest absolute Gasteiger partial charge is 0.483 e. The molecule has 0 saturated heterocycles. The van der Waals surface area contributed by atoms with Gasteiger partial charge in [-0.05, 0) is 28.7 Å². The summed E-state index contributed by atoms with van der Waals surface area (Å²) in [6.45, 7) is 6.52. The molecule has 1 N–H and O–H groups in total. The van der Waals surface area contributed by atoms with Gasteiger partial charge in [-0.3, -0.25) is 0 Å². The van der Waals surface area contributed by atoms with Crippen molar-refractivity contribution < 1.29 is 9.84 Å². The third-order valence-electron chi connectivity index (χ3n) is 3.34. The molecule has 0 heterocycles. The second kappa shape index (κ2) is 6.10. The standard InChI is InChI=1S/C18H22O2/c1-18(2,3)15-11-9-14(10-12-15)17(13-19)20-16-7-5-4-6-8-16/h4-12,17,19H,13H2,1-3H3. The van der Waals surface area contributed by atoms with Gasteiger partial charge in [-0.1, -0.05) is 63.2 Å². The maximum absolute atomic E-state index is 9.54. The van der Waals surface area contributed by atoms with Crippen LogP contribution in [0.3, 0.4) is 0 Å². The first-order valence-electron chi connectivity index (χ1n) is 6.94.